The predicted molar refractivity (Wildman–Crippen MR) is 104 cm³/mol. The number of hydrogen-bond donors (Lipinski definition) is 3. The Morgan fingerprint density at radius 3 is 2.71 bits per heavy atom. The zero-order valence-corrected chi connectivity index (χ0v) is 16.4. The monoisotopic (exact) mass is 405 g/mol. The van der Waals surface area contributed by atoms with Crippen LogP contribution in [0.25, 0.3) is 0 Å². The SMILES string of the molecule is C[C@H](OC(=O)c1ccc2c(c1)NC(=O)CS2)C(=O)NC(=O)NC1CCCCC1. The minimum Gasteiger partial charge on any atom is -0.449 e. The van der Waals surface area contributed by atoms with Gasteiger partial charge in [0.1, 0.15) is 0 Å². The first kappa shape index (κ1) is 20.2. The molecule has 0 spiro atoms. The topological polar surface area (TPSA) is 114 Å². The Morgan fingerprint density at radius 2 is 1.96 bits per heavy atom. The number of imide groups is 1. The van der Waals surface area contributed by atoms with Crippen molar-refractivity contribution in [1.82, 2.24) is 10.6 Å². The molecule has 0 radical (unpaired) electrons. The van der Waals surface area contributed by atoms with E-state index in [1.165, 1.54) is 24.8 Å². The van der Waals surface area contributed by atoms with Gasteiger partial charge in [-0.05, 0) is 38.0 Å². The van der Waals surface area contributed by atoms with Crippen LogP contribution in [0.4, 0.5) is 10.5 Å². The van der Waals surface area contributed by atoms with Gasteiger partial charge >= 0.3 is 12.0 Å². The molecule has 3 rings (SSSR count). The molecule has 28 heavy (non-hydrogen) atoms. The van der Waals surface area contributed by atoms with Crippen LogP contribution in [-0.2, 0) is 14.3 Å². The third kappa shape index (κ3) is 5.25. The average Bonchev–Trinajstić information content (AvgIpc) is 2.67. The van der Waals surface area contributed by atoms with Crippen molar-refractivity contribution in [2.75, 3.05) is 11.1 Å². The molecule has 1 atom stereocenters. The summed E-state index contributed by atoms with van der Waals surface area (Å²) in [6.07, 6.45) is 3.96. The summed E-state index contributed by atoms with van der Waals surface area (Å²) in [5, 5.41) is 7.68. The van der Waals surface area contributed by atoms with Gasteiger partial charge in [-0.1, -0.05) is 19.3 Å². The van der Waals surface area contributed by atoms with Crippen LogP contribution in [0.2, 0.25) is 0 Å². The fourth-order valence-corrected chi connectivity index (χ4v) is 3.96. The van der Waals surface area contributed by atoms with Crippen molar-refractivity contribution >= 4 is 41.3 Å². The lowest BCUT2D eigenvalue weighted by atomic mass is 9.96. The van der Waals surface area contributed by atoms with Gasteiger partial charge in [0, 0.05) is 10.9 Å². The predicted octanol–water partition coefficient (Wildman–Crippen LogP) is 2.43. The third-order valence-electron chi connectivity index (χ3n) is 4.68. The number of ether oxygens (including phenoxy) is 1. The van der Waals surface area contributed by atoms with E-state index in [2.05, 4.69) is 16.0 Å². The number of esters is 1. The molecule has 8 nitrogen and oxygen atoms in total. The van der Waals surface area contributed by atoms with Gasteiger partial charge in [-0.25, -0.2) is 9.59 Å². The summed E-state index contributed by atoms with van der Waals surface area (Å²) < 4.78 is 5.16. The highest BCUT2D eigenvalue weighted by molar-refractivity contribution is 8.00. The average molecular weight is 405 g/mol. The van der Waals surface area contributed by atoms with Gasteiger partial charge in [0.2, 0.25) is 5.91 Å². The highest BCUT2D eigenvalue weighted by Gasteiger charge is 2.24. The lowest BCUT2D eigenvalue weighted by molar-refractivity contribution is -0.127. The summed E-state index contributed by atoms with van der Waals surface area (Å²) in [4.78, 5) is 48.7. The lowest BCUT2D eigenvalue weighted by Gasteiger charge is -2.23. The maximum Gasteiger partial charge on any atom is 0.338 e. The normalized spacial score (nSPS) is 17.7. The van der Waals surface area contributed by atoms with Gasteiger partial charge in [0.15, 0.2) is 6.10 Å². The van der Waals surface area contributed by atoms with E-state index in [4.69, 9.17) is 4.74 Å². The van der Waals surface area contributed by atoms with Gasteiger partial charge in [0.25, 0.3) is 5.91 Å². The van der Waals surface area contributed by atoms with Crippen LogP contribution >= 0.6 is 11.8 Å². The highest BCUT2D eigenvalue weighted by Crippen LogP contribution is 2.32. The van der Waals surface area contributed by atoms with Crippen LogP contribution in [0.3, 0.4) is 0 Å². The van der Waals surface area contributed by atoms with Crippen molar-refractivity contribution in [3.05, 3.63) is 23.8 Å². The quantitative estimate of drug-likeness (QED) is 0.663. The molecule has 1 heterocycles. The van der Waals surface area contributed by atoms with Crippen LogP contribution in [0.5, 0.6) is 0 Å². The molecule has 0 unspecified atom stereocenters. The molecular weight excluding hydrogens is 382 g/mol. The summed E-state index contributed by atoms with van der Waals surface area (Å²) >= 11 is 1.38. The van der Waals surface area contributed by atoms with E-state index in [0.29, 0.717) is 11.4 Å². The first-order chi connectivity index (χ1) is 13.4. The van der Waals surface area contributed by atoms with Crippen molar-refractivity contribution in [2.24, 2.45) is 0 Å². The van der Waals surface area contributed by atoms with Gasteiger partial charge in [0.05, 0.1) is 17.0 Å². The number of urea groups is 1. The van der Waals surface area contributed by atoms with Gasteiger partial charge < -0.3 is 15.4 Å². The van der Waals surface area contributed by atoms with Gasteiger partial charge in [-0.2, -0.15) is 0 Å². The summed E-state index contributed by atoms with van der Waals surface area (Å²) in [5.74, 6) is -1.21. The zero-order chi connectivity index (χ0) is 20.1. The Labute approximate surface area is 167 Å². The van der Waals surface area contributed by atoms with Crippen molar-refractivity contribution in [2.45, 2.75) is 56.1 Å². The highest BCUT2D eigenvalue weighted by atomic mass is 32.2. The molecule has 1 aromatic rings. The first-order valence-electron chi connectivity index (χ1n) is 9.31. The number of amides is 4. The van der Waals surface area contributed by atoms with Crippen LogP contribution in [0.1, 0.15) is 49.4 Å². The lowest BCUT2D eigenvalue weighted by Crippen LogP contribution is -2.48. The molecule has 3 N–H and O–H groups in total. The minimum absolute atomic E-state index is 0.0722. The van der Waals surface area contributed by atoms with E-state index in [1.807, 2.05) is 0 Å². The Kier molecular flexibility index (Phi) is 6.56. The molecule has 0 bridgehead atoms. The maximum atomic E-state index is 12.3. The summed E-state index contributed by atoms with van der Waals surface area (Å²) in [6.45, 7) is 1.40. The standard InChI is InChI=1S/C19H23N3O5S/c1-11(17(24)22-19(26)20-13-5-3-2-4-6-13)27-18(25)12-7-8-15-14(9-12)21-16(23)10-28-15/h7-9,11,13H,2-6,10H2,1H3,(H,21,23)(H2,20,22,24,26)/t11-/m0/s1. The van der Waals surface area contributed by atoms with Crippen LogP contribution in [-0.4, -0.2) is 41.7 Å². The largest absolute Gasteiger partial charge is 0.449 e. The molecule has 4 amide bonds. The second-order valence-electron chi connectivity index (χ2n) is 6.89. The Morgan fingerprint density at radius 1 is 1.21 bits per heavy atom. The number of carbonyl (C=O) groups excluding carboxylic acids is 4. The van der Waals surface area contributed by atoms with Crippen molar-refractivity contribution in [1.29, 1.82) is 0 Å². The maximum absolute atomic E-state index is 12.3. The minimum atomic E-state index is -1.13. The van der Waals surface area contributed by atoms with Crippen molar-refractivity contribution < 1.29 is 23.9 Å². The fraction of sp³-hybridized carbons (Fsp3) is 0.474. The van der Waals surface area contributed by atoms with E-state index in [1.54, 1.807) is 12.1 Å². The van der Waals surface area contributed by atoms with Gasteiger partial charge in [-0.15, -0.1) is 11.8 Å². The molecule has 1 aliphatic heterocycles. The van der Waals surface area contributed by atoms with Crippen molar-refractivity contribution in [3.63, 3.8) is 0 Å². The zero-order valence-electron chi connectivity index (χ0n) is 15.6. The summed E-state index contributed by atoms with van der Waals surface area (Å²) in [7, 11) is 0. The summed E-state index contributed by atoms with van der Waals surface area (Å²) in [5.41, 5.74) is 0.757. The molecule has 2 aliphatic rings. The second-order valence-corrected chi connectivity index (χ2v) is 7.91. The molecule has 9 heteroatoms. The number of carbonyl (C=O) groups is 4. The first-order valence-corrected chi connectivity index (χ1v) is 10.3. The Balaban J connectivity index is 1.52. The number of rotatable bonds is 4. The van der Waals surface area contributed by atoms with E-state index >= 15 is 0 Å². The van der Waals surface area contributed by atoms with Crippen molar-refractivity contribution in [3.8, 4) is 0 Å². The third-order valence-corrected chi connectivity index (χ3v) is 5.75. The number of thioether (sulfide) groups is 1. The second kappa shape index (κ2) is 9.09. The molecule has 0 saturated heterocycles. The Bertz CT molecular complexity index is 792. The van der Waals surface area contributed by atoms with Crippen LogP contribution < -0.4 is 16.0 Å². The molecule has 1 aliphatic carbocycles. The number of benzene rings is 1. The summed E-state index contributed by atoms with van der Waals surface area (Å²) in [6, 6.07) is 4.31. The smallest absolute Gasteiger partial charge is 0.338 e. The van der Waals surface area contributed by atoms with E-state index in [9.17, 15) is 19.2 Å². The number of anilines is 1. The van der Waals surface area contributed by atoms with E-state index < -0.39 is 24.0 Å². The molecule has 1 saturated carbocycles. The number of nitrogens with one attached hydrogen (secondary N) is 3. The van der Waals surface area contributed by atoms with Crippen LogP contribution in [0, 0.1) is 0 Å². The van der Waals surface area contributed by atoms with E-state index in [-0.39, 0.29) is 17.5 Å². The molecule has 1 aromatic carbocycles. The molecule has 1 fully saturated rings. The number of hydrogen-bond acceptors (Lipinski definition) is 6. The van der Waals surface area contributed by atoms with E-state index in [0.717, 1.165) is 37.0 Å². The molecule has 0 aromatic heterocycles. The van der Waals surface area contributed by atoms with Crippen LogP contribution in [0.15, 0.2) is 23.1 Å². The fourth-order valence-electron chi connectivity index (χ4n) is 3.17. The number of fused-ring (bicyclic) bond motifs is 1. The Hall–Kier alpha value is -2.55. The van der Waals surface area contributed by atoms with Gasteiger partial charge in [-0.3, -0.25) is 14.9 Å². The molecule has 150 valence electrons. The molecular formula is C19H23N3O5S.